The van der Waals surface area contributed by atoms with Gasteiger partial charge in [-0.05, 0) is 42.8 Å². The van der Waals surface area contributed by atoms with Crippen LogP contribution in [-0.4, -0.2) is 44.7 Å². The molecule has 1 aliphatic heterocycles. The first-order valence-electron chi connectivity index (χ1n) is 11.0. The predicted molar refractivity (Wildman–Crippen MR) is 131 cm³/mol. The van der Waals surface area contributed by atoms with Crippen molar-refractivity contribution in [2.45, 2.75) is 13.3 Å². The number of nitrogens with one attached hydrogen (secondary N) is 1. The van der Waals surface area contributed by atoms with E-state index in [1.54, 1.807) is 49.5 Å². The SMILES string of the molecule is COc1ccc(N2CC(C(=O)Nc3ccc(Oc4ccc(C)cc4OC)nc3)CC2=O)c(OC)c1. The summed E-state index contributed by atoms with van der Waals surface area (Å²) in [4.78, 5) is 31.4. The fourth-order valence-corrected chi connectivity index (χ4v) is 3.85. The number of amides is 2. The maximum Gasteiger partial charge on any atom is 0.229 e. The molecule has 0 spiro atoms. The van der Waals surface area contributed by atoms with Crippen LogP contribution in [0.15, 0.2) is 54.7 Å². The van der Waals surface area contributed by atoms with Crippen LogP contribution in [0.2, 0.25) is 0 Å². The number of hydrogen-bond donors (Lipinski definition) is 1. The highest BCUT2D eigenvalue weighted by atomic mass is 16.5. The van der Waals surface area contributed by atoms with Crippen molar-refractivity contribution < 1.29 is 28.5 Å². The first-order chi connectivity index (χ1) is 16.9. The summed E-state index contributed by atoms with van der Waals surface area (Å²) in [5.74, 6) is 1.71. The first kappa shape index (κ1) is 23.9. The van der Waals surface area contributed by atoms with Gasteiger partial charge in [-0.2, -0.15) is 0 Å². The lowest BCUT2D eigenvalue weighted by atomic mass is 10.1. The number of carbonyl (C=O) groups excluding carboxylic acids is 2. The fourth-order valence-electron chi connectivity index (χ4n) is 3.85. The standard InChI is InChI=1S/C26H27N3O6/c1-16-5-9-21(23(11-16)34-4)35-24-10-6-18(14-27-24)28-26(31)17-12-25(30)29(15-17)20-8-7-19(32-2)13-22(20)33-3/h5-11,13-14,17H,12,15H2,1-4H3,(H,28,31). The van der Waals surface area contributed by atoms with E-state index in [0.29, 0.717) is 40.3 Å². The minimum atomic E-state index is -0.512. The number of ether oxygens (including phenoxy) is 4. The Balaban J connectivity index is 1.40. The smallest absolute Gasteiger partial charge is 0.229 e. The third kappa shape index (κ3) is 5.29. The second-order valence-electron chi connectivity index (χ2n) is 8.07. The topological polar surface area (TPSA) is 99.2 Å². The molecule has 9 nitrogen and oxygen atoms in total. The molecule has 1 saturated heterocycles. The molecule has 1 fully saturated rings. The molecule has 4 rings (SSSR count). The zero-order valence-electron chi connectivity index (χ0n) is 20.0. The summed E-state index contributed by atoms with van der Waals surface area (Å²) in [6, 6.07) is 14.2. The van der Waals surface area contributed by atoms with Gasteiger partial charge in [-0.3, -0.25) is 9.59 Å². The van der Waals surface area contributed by atoms with Crippen LogP contribution in [0.3, 0.4) is 0 Å². The van der Waals surface area contributed by atoms with Gasteiger partial charge in [0.25, 0.3) is 0 Å². The Hall–Kier alpha value is -4.27. The van der Waals surface area contributed by atoms with Gasteiger partial charge in [0.1, 0.15) is 11.5 Å². The van der Waals surface area contributed by atoms with E-state index in [1.807, 2.05) is 25.1 Å². The minimum Gasteiger partial charge on any atom is -0.497 e. The number of pyridine rings is 1. The molecule has 35 heavy (non-hydrogen) atoms. The molecular weight excluding hydrogens is 450 g/mol. The van der Waals surface area contributed by atoms with Crippen LogP contribution in [-0.2, 0) is 9.59 Å². The summed E-state index contributed by atoms with van der Waals surface area (Å²) >= 11 is 0. The van der Waals surface area contributed by atoms with Crippen molar-refractivity contribution >= 4 is 23.2 Å². The van der Waals surface area contributed by atoms with E-state index >= 15 is 0 Å². The van der Waals surface area contributed by atoms with E-state index in [4.69, 9.17) is 18.9 Å². The lowest BCUT2D eigenvalue weighted by molar-refractivity contribution is -0.122. The molecule has 1 aromatic heterocycles. The van der Waals surface area contributed by atoms with Crippen LogP contribution in [0, 0.1) is 12.8 Å². The van der Waals surface area contributed by atoms with Gasteiger partial charge >= 0.3 is 0 Å². The molecule has 1 atom stereocenters. The molecule has 0 saturated carbocycles. The van der Waals surface area contributed by atoms with Gasteiger partial charge in [0, 0.05) is 25.1 Å². The Bertz CT molecular complexity index is 1230. The summed E-state index contributed by atoms with van der Waals surface area (Å²) in [5, 5.41) is 2.83. The lowest BCUT2D eigenvalue weighted by Gasteiger charge is -2.20. The van der Waals surface area contributed by atoms with Gasteiger partial charge in [0.15, 0.2) is 11.5 Å². The van der Waals surface area contributed by atoms with Gasteiger partial charge in [-0.15, -0.1) is 0 Å². The zero-order chi connectivity index (χ0) is 24.9. The molecule has 182 valence electrons. The molecular formula is C26H27N3O6. The second kappa shape index (κ2) is 10.3. The summed E-state index contributed by atoms with van der Waals surface area (Å²) in [7, 11) is 4.66. The molecule has 1 N–H and O–H groups in total. The average Bonchev–Trinajstić information content (AvgIpc) is 3.27. The lowest BCUT2D eigenvalue weighted by Crippen LogP contribution is -2.28. The van der Waals surface area contributed by atoms with Gasteiger partial charge in [0.2, 0.25) is 17.7 Å². The average molecular weight is 478 g/mol. The van der Waals surface area contributed by atoms with Crippen LogP contribution in [0.25, 0.3) is 0 Å². The third-order valence-electron chi connectivity index (χ3n) is 5.71. The molecule has 2 aromatic carbocycles. The maximum atomic E-state index is 12.9. The van der Waals surface area contributed by atoms with Crippen LogP contribution in [0.1, 0.15) is 12.0 Å². The number of hydrogen-bond acceptors (Lipinski definition) is 7. The molecule has 0 aliphatic carbocycles. The van der Waals surface area contributed by atoms with Crippen LogP contribution in [0.5, 0.6) is 28.9 Å². The summed E-state index contributed by atoms with van der Waals surface area (Å²) in [5.41, 5.74) is 2.16. The van der Waals surface area contributed by atoms with Crippen molar-refractivity contribution in [3.63, 3.8) is 0 Å². The number of methoxy groups -OCH3 is 3. The molecule has 0 bridgehead atoms. The monoisotopic (exact) mass is 477 g/mol. The molecule has 9 heteroatoms. The summed E-state index contributed by atoms with van der Waals surface area (Å²) < 4.78 is 21.8. The highest BCUT2D eigenvalue weighted by Crippen LogP contribution is 2.36. The Kier molecular flexibility index (Phi) is 7.05. The van der Waals surface area contributed by atoms with Gasteiger partial charge in [-0.25, -0.2) is 4.98 Å². The van der Waals surface area contributed by atoms with Crippen molar-refractivity contribution in [3.8, 4) is 28.9 Å². The Morgan fingerprint density at radius 1 is 0.971 bits per heavy atom. The number of anilines is 2. The number of carbonyl (C=O) groups is 2. The van der Waals surface area contributed by atoms with E-state index in [0.717, 1.165) is 5.56 Å². The Morgan fingerprint density at radius 2 is 1.77 bits per heavy atom. The molecule has 0 radical (unpaired) electrons. The Morgan fingerprint density at radius 3 is 2.46 bits per heavy atom. The van der Waals surface area contributed by atoms with Crippen molar-refractivity contribution in [1.82, 2.24) is 4.98 Å². The quantitative estimate of drug-likeness (QED) is 0.519. The van der Waals surface area contributed by atoms with E-state index in [-0.39, 0.29) is 24.8 Å². The fraction of sp³-hybridized carbons (Fsp3) is 0.269. The zero-order valence-corrected chi connectivity index (χ0v) is 20.0. The number of aryl methyl sites for hydroxylation is 1. The molecule has 1 aliphatic rings. The van der Waals surface area contributed by atoms with Gasteiger partial charge in [-0.1, -0.05) is 6.07 Å². The number of nitrogens with zero attached hydrogens (tertiary/aromatic N) is 2. The van der Waals surface area contributed by atoms with Crippen LogP contribution < -0.4 is 29.2 Å². The minimum absolute atomic E-state index is 0.100. The molecule has 2 amide bonds. The van der Waals surface area contributed by atoms with Gasteiger partial charge < -0.3 is 29.2 Å². The van der Waals surface area contributed by atoms with E-state index < -0.39 is 5.92 Å². The highest BCUT2D eigenvalue weighted by Gasteiger charge is 2.36. The van der Waals surface area contributed by atoms with Crippen LogP contribution in [0.4, 0.5) is 11.4 Å². The number of benzene rings is 2. The van der Waals surface area contributed by atoms with Crippen molar-refractivity contribution in [2.75, 3.05) is 38.1 Å². The van der Waals surface area contributed by atoms with E-state index in [1.165, 1.54) is 13.3 Å². The van der Waals surface area contributed by atoms with Crippen molar-refractivity contribution in [2.24, 2.45) is 5.92 Å². The van der Waals surface area contributed by atoms with Crippen molar-refractivity contribution in [3.05, 3.63) is 60.3 Å². The molecule has 3 aromatic rings. The second-order valence-corrected chi connectivity index (χ2v) is 8.07. The first-order valence-corrected chi connectivity index (χ1v) is 11.0. The number of rotatable bonds is 8. The third-order valence-corrected chi connectivity index (χ3v) is 5.71. The molecule has 2 heterocycles. The van der Waals surface area contributed by atoms with Crippen molar-refractivity contribution in [1.29, 1.82) is 0 Å². The maximum absolute atomic E-state index is 12.9. The highest BCUT2D eigenvalue weighted by molar-refractivity contribution is 6.04. The molecule has 1 unspecified atom stereocenters. The summed E-state index contributed by atoms with van der Waals surface area (Å²) in [6.45, 7) is 2.21. The van der Waals surface area contributed by atoms with Gasteiger partial charge in [0.05, 0.1) is 44.8 Å². The summed E-state index contributed by atoms with van der Waals surface area (Å²) in [6.07, 6.45) is 1.61. The normalized spacial score (nSPS) is 15.0. The van der Waals surface area contributed by atoms with E-state index in [9.17, 15) is 9.59 Å². The van der Waals surface area contributed by atoms with E-state index in [2.05, 4.69) is 10.3 Å². The predicted octanol–water partition coefficient (Wildman–Crippen LogP) is 4.20. The number of aromatic nitrogens is 1. The Labute approximate surface area is 203 Å². The van der Waals surface area contributed by atoms with Crippen LogP contribution >= 0.6 is 0 Å². The largest absolute Gasteiger partial charge is 0.497 e.